The number of carbonyl (C=O) groups is 1. The summed E-state index contributed by atoms with van der Waals surface area (Å²) in [6.07, 6.45) is -3.63. The minimum Gasteiger partial charge on any atom is -0.381 e. The third kappa shape index (κ3) is 4.61. The molecule has 88 valence electrons. The number of Topliss-reactive ketones (excluding diaryl/α,β-unsaturated/α-hetero) is 1. The minimum absolute atomic E-state index is 0.159. The van der Waals surface area contributed by atoms with Crippen LogP contribution in [-0.4, -0.2) is 50.2 Å². The predicted molar refractivity (Wildman–Crippen MR) is 47.5 cm³/mol. The number of ether oxygens (including phenoxy) is 1. The van der Waals surface area contributed by atoms with E-state index in [1.54, 1.807) is 0 Å². The molecule has 1 aliphatic heterocycles. The summed E-state index contributed by atoms with van der Waals surface area (Å²) < 4.78 is 40.9. The van der Waals surface area contributed by atoms with Crippen LogP contribution in [-0.2, 0) is 9.53 Å². The largest absolute Gasteiger partial charge is 0.401 e. The molecule has 6 heteroatoms. The maximum atomic E-state index is 12.0. The van der Waals surface area contributed by atoms with Crippen molar-refractivity contribution >= 4 is 5.78 Å². The molecule has 0 aliphatic carbocycles. The Labute approximate surface area is 86.2 Å². The van der Waals surface area contributed by atoms with E-state index in [0.29, 0.717) is 19.6 Å². The van der Waals surface area contributed by atoms with Gasteiger partial charge in [0.05, 0.1) is 19.7 Å². The van der Waals surface area contributed by atoms with Gasteiger partial charge in [0.2, 0.25) is 0 Å². The molecule has 0 radical (unpaired) electrons. The van der Waals surface area contributed by atoms with E-state index < -0.39 is 12.7 Å². The van der Waals surface area contributed by atoms with Crippen molar-refractivity contribution in [1.29, 1.82) is 0 Å². The summed E-state index contributed by atoms with van der Waals surface area (Å²) in [4.78, 5) is 12.4. The predicted octanol–water partition coefficient (Wildman–Crippen LogP) is 1.09. The highest BCUT2D eigenvalue weighted by Crippen LogP contribution is 2.17. The van der Waals surface area contributed by atoms with Crippen molar-refractivity contribution in [3.8, 4) is 0 Å². The topological polar surface area (TPSA) is 29.5 Å². The first-order valence-corrected chi connectivity index (χ1v) is 4.74. The average molecular weight is 225 g/mol. The maximum absolute atomic E-state index is 12.0. The van der Waals surface area contributed by atoms with Crippen molar-refractivity contribution < 1.29 is 22.7 Å². The molecule has 15 heavy (non-hydrogen) atoms. The van der Waals surface area contributed by atoms with E-state index in [9.17, 15) is 18.0 Å². The Morgan fingerprint density at radius 1 is 1.53 bits per heavy atom. The maximum Gasteiger partial charge on any atom is 0.401 e. The van der Waals surface area contributed by atoms with Gasteiger partial charge in [-0.2, -0.15) is 13.2 Å². The summed E-state index contributed by atoms with van der Waals surface area (Å²) in [5.41, 5.74) is 0. The van der Waals surface area contributed by atoms with Gasteiger partial charge in [0.15, 0.2) is 5.78 Å². The Bertz CT molecular complexity index is 224. The van der Waals surface area contributed by atoms with Crippen LogP contribution < -0.4 is 0 Å². The molecule has 1 unspecified atom stereocenters. The molecule has 0 aromatic carbocycles. The molecule has 1 aliphatic rings. The molecule has 1 atom stereocenters. The second-order valence-electron chi connectivity index (χ2n) is 3.81. The van der Waals surface area contributed by atoms with Crippen molar-refractivity contribution in [3.63, 3.8) is 0 Å². The highest BCUT2D eigenvalue weighted by molar-refractivity contribution is 5.83. The first-order chi connectivity index (χ1) is 6.88. The van der Waals surface area contributed by atoms with Crippen LogP contribution in [0.15, 0.2) is 0 Å². The second-order valence-corrected chi connectivity index (χ2v) is 3.81. The number of hydrogen-bond donors (Lipinski definition) is 0. The summed E-state index contributed by atoms with van der Waals surface area (Å²) in [6, 6.07) is 0. The molecule has 0 aromatic rings. The molecule has 0 aromatic heterocycles. The van der Waals surface area contributed by atoms with E-state index in [1.165, 1.54) is 7.05 Å². The number of likely N-dealkylation sites (N-methyl/N-ethyl adjacent to an activating group) is 1. The first-order valence-electron chi connectivity index (χ1n) is 4.74. The van der Waals surface area contributed by atoms with Gasteiger partial charge in [-0.15, -0.1) is 0 Å². The van der Waals surface area contributed by atoms with Crippen molar-refractivity contribution in [1.82, 2.24) is 4.90 Å². The molecule has 0 bridgehead atoms. The lowest BCUT2D eigenvalue weighted by Crippen LogP contribution is -2.37. The summed E-state index contributed by atoms with van der Waals surface area (Å²) >= 11 is 0. The number of rotatable bonds is 4. The molecule has 0 amide bonds. The van der Waals surface area contributed by atoms with Gasteiger partial charge in [0, 0.05) is 12.5 Å². The number of carbonyl (C=O) groups excluding carboxylic acids is 1. The molecular weight excluding hydrogens is 211 g/mol. The number of nitrogens with zero attached hydrogens (tertiary/aromatic N) is 1. The Hall–Kier alpha value is -0.620. The monoisotopic (exact) mass is 225 g/mol. The van der Waals surface area contributed by atoms with Crippen molar-refractivity contribution in [2.75, 3.05) is 33.4 Å². The van der Waals surface area contributed by atoms with E-state index in [2.05, 4.69) is 0 Å². The Kier molecular flexibility index (Phi) is 4.10. The van der Waals surface area contributed by atoms with Crippen molar-refractivity contribution in [2.24, 2.45) is 5.92 Å². The van der Waals surface area contributed by atoms with Gasteiger partial charge in [-0.05, 0) is 13.5 Å². The SMILES string of the molecule is CN(CC(=O)C1CCOC1)CC(F)(F)F. The van der Waals surface area contributed by atoms with Gasteiger partial charge in [-0.1, -0.05) is 0 Å². The zero-order chi connectivity index (χ0) is 11.5. The third-order valence-electron chi connectivity index (χ3n) is 2.26. The lowest BCUT2D eigenvalue weighted by Gasteiger charge is -2.18. The van der Waals surface area contributed by atoms with Gasteiger partial charge in [-0.25, -0.2) is 0 Å². The fraction of sp³-hybridized carbons (Fsp3) is 0.889. The number of ketones is 1. The highest BCUT2D eigenvalue weighted by atomic mass is 19.4. The average Bonchev–Trinajstić information content (AvgIpc) is 2.50. The second kappa shape index (κ2) is 4.94. The summed E-state index contributed by atoms with van der Waals surface area (Å²) in [5.74, 6) is -0.389. The van der Waals surface area contributed by atoms with Crippen LogP contribution in [0, 0.1) is 5.92 Å². The molecule has 3 nitrogen and oxygen atoms in total. The van der Waals surface area contributed by atoms with Crippen LogP contribution in [0.25, 0.3) is 0 Å². The Morgan fingerprint density at radius 3 is 2.67 bits per heavy atom. The van der Waals surface area contributed by atoms with Crippen LogP contribution in [0.5, 0.6) is 0 Å². The van der Waals surface area contributed by atoms with Crippen LogP contribution in [0.4, 0.5) is 13.2 Å². The van der Waals surface area contributed by atoms with Gasteiger partial charge in [-0.3, -0.25) is 9.69 Å². The van der Waals surface area contributed by atoms with Crippen molar-refractivity contribution in [2.45, 2.75) is 12.6 Å². The summed E-state index contributed by atoms with van der Waals surface area (Å²) in [6.45, 7) is -0.335. The van der Waals surface area contributed by atoms with Crippen LogP contribution in [0.3, 0.4) is 0 Å². The minimum atomic E-state index is -4.25. The third-order valence-corrected chi connectivity index (χ3v) is 2.26. The highest BCUT2D eigenvalue weighted by Gasteiger charge is 2.31. The lowest BCUT2D eigenvalue weighted by atomic mass is 10.0. The van der Waals surface area contributed by atoms with E-state index in [4.69, 9.17) is 4.74 Å². The van der Waals surface area contributed by atoms with E-state index >= 15 is 0 Å². The molecular formula is C9H14F3NO2. The zero-order valence-corrected chi connectivity index (χ0v) is 8.51. The molecule has 0 spiro atoms. The van der Waals surface area contributed by atoms with Gasteiger partial charge < -0.3 is 4.74 Å². The van der Waals surface area contributed by atoms with Crippen LogP contribution in [0.2, 0.25) is 0 Å². The van der Waals surface area contributed by atoms with E-state index in [-0.39, 0.29) is 18.2 Å². The molecule has 0 N–H and O–H groups in total. The van der Waals surface area contributed by atoms with Crippen LogP contribution >= 0.6 is 0 Å². The molecule has 1 heterocycles. The Balaban J connectivity index is 2.30. The van der Waals surface area contributed by atoms with Gasteiger partial charge in [0.1, 0.15) is 0 Å². The summed E-state index contributed by atoms with van der Waals surface area (Å²) in [7, 11) is 1.29. The normalized spacial score (nSPS) is 22.3. The lowest BCUT2D eigenvalue weighted by molar-refractivity contribution is -0.146. The first kappa shape index (κ1) is 12.4. The zero-order valence-electron chi connectivity index (χ0n) is 8.51. The quantitative estimate of drug-likeness (QED) is 0.717. The van der Waals surface area contributed by atoms with E-state index in [0.717, 1.165) is 4.90 Å². The fourth-order valence-electron chi connectivity index (χ4n) is 1.55. The molecule has 1 rings (SSSR count). The van der Waals surface area contributed by atoms with Crippen molar-refractivity contribution in [3.05, 3.63) is 0 Å². The van der Waals surface area contributed by atoms with Gasteiger partial charge >= 0.3 is 6.18 Å². The Morgan fingerprint density at radius 2 is 2.20 bits per heavy atom. The van der Waals surface area contributed by atoms with E-state index in [1.807, 2.05) is 0 Å². The smallest absolute Gasteiger partial charge is 0.381 e. The molecule has 1 fully saturated rings. The number of halogens is 3. The van der Waals surface area contributed by atoms with Crippen LogP contribution in [0.1, 0.15) is 6.42 Å². The summed E-state index contributed by atoms with van der Waals surface area (Å²) in [5, 5.41) is 0. The standard InChI is InChI=1S/C9H14F3NO2/c1-13(6-9(10,11)12)4-8(14)7-2-3-15-5-7/h7H,2-6H2,1H3. The van der Waals surface area contributed by atoms with Gasteiger partial charge in [0.25, 0.3) is 0 Å². The number of hydrogen-bond acceptors (Lipinski definition) is 3. The fourth-order valence-corrected chi connectivity index (χ4v) is 1.55. The number of alkyl halides is 3. The molecule has 1 saturated heterocycles. The molecule has 0 saturated carbocycles.